The molecule has 0 aromatic heterocycles. The van der Waals surface area contributed by atoms with Gasteiger partial charge in [-0.25, -0.2) is 0 Å². The van der Waals surface area contributed by atoms with E-state index in [0.29, 0.717) is 5.92 Å². The summed E-state index contributed by atoms with van der Waals surface area (Å²) in [7, 11) is 3.76. The Bertz CT molecular complexity index is 360. The number of hydrogen-bond acceptors (Lipinski definition) is 2. The summed E-state index contributed by atoms with van der Waals surface area (Å²) >= 11 is 0. The fraction of sp³-hybridized carbons (Fsp3) is 1.00. The summed E-state index contributed by atoms with van der Waals surface area (Å²) in [6.45, 7) is 18.5. The van der Waals surface area contributed by atoms with Crippen LogP contribution in [0.2, 0.25) is 0 Å². The Balaban J connectivity index is 3.13. The van der Waals surface area contributed by atoms with Gasteiger partial charge in [0.2, 0.25) is 0 Å². The molecule has 2 heteroatoms. The van der Waals surface area contributed by atoms with Crippen molar-refractivity contribution >= 4 is 0 Å². The van der Waals surface area contributed by atoms with Gasteiger partial charge in [0.05, 0.1) is 13.2 Å². The predicted molar refractivity (Wildman–Crippen MR) is 113 cm³/mol. The smallest absolute Gasteiger partial charge is 0.0543 e. The minimum Gasteiger partial charge on any atom is -0.384 e. The third-order valence-electron chi connectivity index (χ3n) is 7.36. The average molecular weight is 369 g/mol. The summed E-state index contributed by atoms with van der Waals surface area (Å²) in [5.74, 6) is 5.34. The van der Waals surface area contributed by atoms with Crippen molar-refractivity contribution in [3.05, 3.63) is 0 Å². The van der Waals surface area contributed by atoms with Crippen molar-refractivity contribution in [2.24, 2.45) is 46.8 Å². The van der Waals surface area contributed by atoms with Crippen molar-refractivity contribution < 1.29 is 9.47 Å². The molecule has 1 saturated carbocycles. The van der Waals surface area contributed by atoms with Crippen molar-refractivity contribution in [3.63, 3.8) is 0 Å². The molecule has 156 valence electrons. The summed E-state index contributed by atoms with van der Waals surface area (Å²) < 4.78 is 11.7. The lowest BCUT2D eigenvalue weighted by Crippen LogP contribution is -2.47. The Morgan fingerprint density at radius 3 is 1.85 bits per heavy atom. The maximum atomic E-state index is 5.85. The van der Waals surface area contributed by atoms with E-state index in [1.54, 1.807) is 0 Å². The molecule has 1 aliphatic rings. The van der Waals surface area contributed by atoms with Crippen LogP contribution in [-0.4, -0.2) is 27.4 Å². The maximum Gasteiger partial charge on any atom is 0.0543 e. The summed E-state index contributed by atoms with van der Waals surface area (Å²) in [4.78, 5) is 0. The zero-order chi connectivity index (χ0) is 19.9. The van der Waals surface area contributed by atoms with E-state index in [1.807, 2.05) is 14.2 Å². The fourth-order valence-electron chi connectivity index (χ4n) is 5.96. The second-order valence-corrected chi connectivity index (χ2v) is 10.4. The number of hydrogen-bond donors (Lipinski definition) is 0. The van der Waals surface area contributed by atoms with Gasteiger partial charge in [-0.3, -0.25) is 0 Å². The molecule has 0 heterocycles. The van der Waals surface area contributed by atoms with Gasteiger partial charge in [0.25, 0.3) is 0 Å². The van der Waals surface area contributed by atoms with Crippen LogP contribution in [0.3, 0.4) is 0 Å². The highest BCUT2D eigenvalue weighted by Gasteiger charge is 2.46. The van der Waals surface area contributed by atoms with E-state index in [9.17, 15) is 0 Å². The second-order valence-electron chi connectivity index (χ2n) is 10.4. The molecule has 0 aromatic rings. The summed E-state index contributed by atoms with van der Waals surface area (Å²) in [6.07, 6.45) is 6.62. The number of ether oxygens (including phenoxy) is 2. The van der Waals surface area contributed by atoms with Gasteiger partial charge in [0.1, 0.15) is 0 Å². The van der Waals surface area contributed by atoms with Crippen molar-refractivity contribution in [2.75, 3.05) is 27.4 Å². The molecular formula is C24H48O2. The Morgan fingerprint density at radius 2 is 1.42 bits per heavy atom. The van der Waals surface area contributed by atoms with Gasteiger partial charge in [0.15, 0.2) is 0 Å². The van der Waals surface area contributed by atoms with Crippen LogP contribution in [0.5, 0.6) is 0 Å². The predicted octanol–water partition coefficient (Wildman–Crippen LogP) is 6.68. The van der Waals surface area contributed by atoms with Crippen molar-refractivity contribution in [3.8, 4) is 0 Å². The van der Waals surface area contributed by atoms with E-state index >= 15 is 0 Å². The van der Waals surface area contributed by atoms with Gasteiger partial charge in [-0.15, -0.1) is 0 Å². The standard InChI is InChI=1S/C24H48O2/c1-17(2)21(18(3)4)12-13-24(15-25-8,16-26-9)23-14-20(7)10-11-22(23)19(5)6/h17-23H,10-16H2,1-9H3. The van der Waals surface area contributed by atoms with Gasteiger partial charge in [-0.2, -0.15) is 0 Å². The molecule has 0 aromatic carbocycles. The lowest BCUT2D eigenvalue weighted by Gasteiger charge is -2.49. The van der Waals surface area contributed by atoms with E-state index in [1.165, 1.54) is 32.1 Å². The number of rotatable bonds is 11. The van der Waals surface area contributed by atoms with Crippen LogP contribution in [0.4, 0.5) is 0 Å². The highest BCUT2D eigenvalue weighted by atomic mass is 16.5. The molecule has 0 N–H and O–H groups in total. The van der Waals surface area contributed by atoms with Crippen LogP contribution in [0.25, 0.3) is 0 Å². The monoisotopic (exact) mass is 368 g/mol. The number of methoxy groups -OCH3 is 2. The van der Waals surface area contributed by atoms with Gasteiger partial charge < -0.3 is 9.47 Å². The Kier molecular flexibility index (Phi) is 10.2. The van der Waals surface area contributed by atoms with Gasteiger partial charge in [0, 0.05) is 19.6 Å². The normalized spacial score (nSPS) is 25.0. The molecule has 0 aliphatic heterocycles. The molecule has 0 bridgehead atoms. The van der Waals surface area contributed by atoms with Crippen molar-refractivity contribution in [1.82, 2.24) is 0 Å². The van der Waals surface area contributed by atoms with Crippen LogP contribution in [-0.2, 0) is 9.47 Å². The molecule has 0 radical (unpaired) electrons. The molecule has 0 spiro atoms. The molecule has 1 rings (SSSR count). The first kappa shape index (κ1) is 24.0. The zero-order valence-electron chi connectivity index (χ0n) is 19.3. The molecule has 2 nitrogen and oxygen atoms in total. The molecule has 0 saturated heterocycles. The first-order chi connectivity index (χ1) is 12.2. The Labute approximate surface area is 164 Å². The van der Waals surface area contributed by atoms with Crippen LogP contribution in [0, 0.1) is 46.8 Å². The molecule has 3 atom stereocenters. The highest BCUT2D eigenvalue weighted by Crippen LogP contribution is 2.50. The van der Waals surface area contributed by atoms with Gasteiger partial charge >= 0.3 is 0 Å². The Morgan fingerprint density at radius 1 is 0.885 bits per heavy atom. The fourth-order valence-corrected chi connectivity index (χ4v) is 5.96. The van der Waals surface area contributed by atoms with Crippen molar-refractivity contribution in [2.45, 2.75) is 80.6 Å². The summed E-state index contributed by atoms with van der Waals surface area (Å²) in [5.41, 5.74) is 0.162. The van der Waals surface area contributed by atoms with Gasteiger partial charge in [-0.1, -0.05) is 54.9 Å². The SMILES string of the molecule is COCC(CCC(C(C)C)C(C)C)(COC)C1CC(C)CCC1C(C)C. The molecule has 1 fully saturated rings. The minimum atomic E-state index is 0.162. The summed E-state index contributed by atoms with van der Waals surface area (Å²) in [6, 6.07) is 0. The van der Waals surface area contributed by atoms with Gasteiger partial charge in [-0.05, 0) is 67.1 Å². The average Bonchev–Trinajstić information content (AvgIpc) is 2.54. The van der Waals surface area contributed by atoms with Crippen LogP contribution < -0.4 is 0 Å². The Hall–Kier alpha value is -0.0800. The van der Waals surface area contributed by atoms with E-state index in [0.717, 1.165) is 48.7 Å². The molecule has 26 heavy (non-hydrogen) atoms. The lowest BCUT2D eigenvalue weighted by molar-refractivity contribution is -0.0840. The first-order valence-corrected chi connectivity index (χ1v) is 11.2. The first-order valence-electron chi connectivity index (χ1n) is 11.2. The van der Waals surface area contributed by atoms with E-state index in [4.69, 9.17) is 9.47 Å². The minimum absolute atomic E-state index is 0.162. The van der Waals surface area contributed by atoms with E-state index in [-0.39, 0.29) is 5.41 Å². The zero-order valence-corrected chi connectivity index (χ0v) is 19.3. The maximum absolute atomic E-state index is 5.85. The third kappa shape index (κ3) is 6.23. The second kappa shape index (κ2) is 11.1. The quantitative estimate of drug-likeness (QED) is 0.405. The van der Waals surface area contributed by atoms with E-state index < -0.39 is 0 Å². The van der Waals surface area contributed by atoms with Crippen LogP contribution in [0.1, 0.15) is 80.6 Å². The van der Waals surface area contributed by atoms with Crippen LogP contribution >= 0.6 is 0 Å². The third-order valence-corrected chi connectivity index (χ3v) is 7.36. The summed E-state index contributed by atoms with van der Waals surface area (Å²) in [5, 5.41) is 0. The van der Waals surface area contributed by atoms with Crippen molar-refractivity contribution in [1.29, 1.82) is 0 Å². The molecular weight excluding hydrogens is 320 g/mol. The van der Waals surface area contributed by atoms with E-state index in [2.05, 4.69) is 48.5 Å². The van der Waals surface area contributed by atoms with Crippen LogP contribution in [0.15, 0.2) is 0 Å². The lowest BCUT2D eigenvalue weighted by atomic mass is 9.57. The molecule has 0 amide bonds. The topological polar surface area (TPSA) is 18.5 Å². The molecule has 1 aliphatic carbocycles. The highest BCUT2D eigenvalue weighted by molar-refractivity contribution is 4.95. The largest absolute Gasteiger partial charge is 0.384 e. The molecule has 3 unspecified atom stereocenters.